The zero-order valence-electron chi connectivity index (χ0n) is 12.0. The molecule has 0 aliphatic carbocycles. The van der Waals surface area contributed by atoms with Crippen molar-refractivity contribution in [3.63, 3.8) is 0 Å². The van der Waals surface area contributed by atoms with Crippen LogP contribution in [-0.4, -0.2) is 56.6 Å². The molecule has 0 amide bonds. The average Bonchev–Trinajstić information content (AvgIpc) is 2.55. The molecule has 21 heavy (non-hydrogen) atoms. The van der Waals surface area contributed by atoms with Crippen LogP contribution in [0.1, 0.15) is 11.9 Å². The summed E-state index contributed by atoms with van der Waals surface area (Å²) >= 11 is 0. The lowest BCUT2D eigenvalue weighted by atomic mass is 9.97. The molecule has 2 saturated heterocycles. The monoisotopic (exact) mass is 296 g/mol. The summed E-state index contributed by atoms with van der Waals surface area (Å²) in [6.07, 6.45) is -3.47. The van der Waals surface area contributed by atoms with Gasteiger partial charge in [-0.1, -0.05) is 30.3 Å². The number of fused-ring (bicyclic) bond motifs is 1. The van der Waals surface area contributed by atoms with E-state index in [2.05, 4.69) is 0 Å². The predicted molar refractivity (Wildman–Crippen MR) is 72.5 cm³/mol. The zero-order chi connectivity index (χ0) is 14.8. The molecule has 1 aromatic rings. The molecule has 1 N–H and O–H groups in total. The van der Waals surface area contributed by atoms with Gasteiger partial charge in [0.05, 0.1) is 6.61 Å². The number of aliphatic hydroxyl groups excluding tert-OH is 1. The summed E-state index contributed by atoms with van der Waals surface area (Å²) in [5, 5.41) is 10.5. The Hall–Kier alpha value is -1.02. The lowest BCUT2D eigenvalue weighted by molar-refractivity contribution is -0.360. The lowest BCUT2D eigenvalue weighted by Crippen LogP contribution is -2.62. The minimum absolute atomic E-state index is 0.331. The van der Waals surface area contributed by atoms with Crippen LogP contribution in [0.3, 0.4) is 0 Å². The number of benzene rings is 1. The van der Waals surface area contributed by atoms with Crippen molar-refractivity contribution < 1.29 is 28.8 Å². The summed E-state index contributed by atoms with van der Waals surface area (Å²) in [6, 6.07) is 9.61. The van der Waals surface area contributed by atoms with Crippen molar-refractivity contribution in [2.75, 3.05) is 20.8 Å². The Balaban J connectivity index is 1.75. The first-order valence-electron chi connectivity index (χ1n) is 6.95. The van der Waals surface area contributed by atoms with Crippen LogP contribution in [-0.2, 0) is 23.7 Å². The van der Waals surface area contributed by atoms with E-state index in [1.54, 1.807) is 0 Å². The van der Waals surface area contributed by atoms with Crippen molar-refractivity contribution >= 4 is 0 Å². The first kappa shape index (κ1) is 14.9. The van der Waals surface area contributed by atoms with E-state index >= 15 is 0 Å². The Bertz CT molecular complexity index is 453. The molecule has 0 saturated carbocycles. The summed E-state index contributed by atoms with van der Waals surface area (Å²) in [4.78, 5) is 0. The van der Waals surface area contributed by atoms with E-state index in [0.717, 1.165) is 5.56 Å². The number of methoxy groups -OCH3 is 2. The van der Waals surface area contributed by atoms with Crippen molar-refractivity contribution in [1.29, 1.82) is 0 Å². The van der Waals surface area contributed by atoms with Gasteiger partial charge in [0.2, 0.25) is 0 Å². The predicted octanol–water partition coefficient (Wildman–Crippen LogP) is 0.848. The number of aliphatic hydroxyl groups is 1. The second-order valence-electron chi connectivity index (χ2n) is 5.15. The van der Waals surface area contributed by atoms with Gasteiger partial charge in [-0.05, 0) is 0 Å². The van der Waals surface area contributed by atoms with Gasteiger partial charge in [-0.3, -0.25) is 0 Å². The van der Waals surface area contributed by atoms with Crippen LogP contribution in [0.4, 0.5) is 0 Å². The molecule has 0 radical (unpaired) electrons. The third-order valence-electron chi connectivity index (χ3n) is 3.89. The molecule has 2 aliphatic rings. The highest BCUT2D eigenvalue weighted by Crippen LogP contribution is 2.34. The minimum Gasteiger partial charge on any atom is -0.387 e. The van der Waals surface area contributed by atoms with E-state index in [4.69, 9.17) is 23.7 Å². The Morgan fingerprint density at radius 1 is 1.10 bits per heavy atom. The normalized spacial score (nSPS) is 39.8. The summed E-state index contributed by atoms with van der Waals surface area (Å²) < 4.78 is 27.8. The molecule has 2 fully saturated rings. The van der Waals surface area contributed by atoms with E-state index in [0.29, 0.717) is 6.61 Å². The molecule has 2 heterocycles. The maximum atomic E-state index is 10.5. The molecule has 3 rings (SSSR count). The summed E-state index contributed by atoms with van der Waals surface area (Å²) in [6.45, 7) is 0.331. The number of hydrogen-bond donors (Lipinski definition) is 1. The molecule has 0 spiro atoms. The largest absolute Gasteiger partial charge is 0.387 e. The van der Waals surface area contributed by atoms with Crippen LogP contribution in [0.15, 0.2) is 30.3 Å². The van der Waals surface area contributed by atoms with Crippen LogP contribution in [0.5, 0.6) is 0 Å². The van der Waals surface area contributed by atoms with Crippen LogP contribution in [0, 0.1) is 0 Å². The van der Waals surface area contributed by atoms with E-state index in [1.165, 1.54) is 14.2 Å². The van der Waals surface area contributed by atoms with Gasteiger partial charge in [0.15, 0.2) is 12.6 Å². The van der Waals surface area contributed by atoms with E-state index < -0.39 is 30.9 Å². The van der Waals surface area contributed by atoms with Crippen molar-refractivity contribution in [3.05, 3.63) is 35.9 Å². The van der Waals surface area contributed by atoms with Crippen molar-refractivity contribution in [3.8, 4) is 0 Å². The number of ether oxygens (including phenoxy) is 5. The van der Waals surface area contributed by atoms with Gasteiger partial charge in [-0.25, -0.2) is 0 Å². The minimum atomic E-state index is -0.839. The van der Waals surface area contributed by atoms with Gasteiger partial charge in [0, 0.05) is 19.8 Å². The number of rotatable bonds is 3. The Morgan fingerprint density at radius 3 is 2.52 bits per heavy atom. The van der Waals surface area contributed by atoms with Crippen molar-refractivity contribution in [1.82, 2.24) is 0 Å². The SMILES string of the molecule is CO[C@@H]1O[C@@H]2CO[C@H](c3ccccc3)O[C@@H]2[C@H](O)[C@H]1OC. The van der Waals surface area contributed by atoms with Gasteiger partial charge in [0.1, 0.15) is 24.4 Å². The fraction of sp³-hybridized carbons (Fsp3) is 0.600. The topological polar surface area (TPSA) is 66.4 Å². The van der Waals surface area contributed by atoms with Gasteiger partial charge < -0.3 is 28.8 Å². The molecule has 6 heteroatoms. The van der Waals surface area contributed by atoms with Gasteiger partial charge >= 0.3 is 0 Å². The molecular formula is C15H20O6. The molecule has 6 atom stereocenters. The van der Waals surface area contributed by atoms with Gasteiger partial charge in [-0.15, -0.1) is 0 Å². The molecule has 116 valence electrons. The molecule has 1 aromatic carbocycles. The van der Waals surface area contributed by atoms with E-state index in [1.807, 2.05) is 30.3 Å². The van der Waals surface area contributed by atoms with Gasteiger partial charge in [-0.2, -0.15) is 0 Å². The van der Waals surface area contributed by atoms with Crippen LogP contribution in [0.25, 0.3) is 0 Å². The third-order valence-corrected chi connectivity index (χ3v) is 3.89. The van der Waals surface area contributed by atoms with Crippen LogP contribution in [0.2, 0.25) is 0 Å². The highest BCUT2D eigenvalue weighted by molar-refractivity contribution is 5.16. The summed E-state index contributed by atoms with van der Waals surface area (Å²) in [5.74, 6) is 0. The second kappa shape index (κ2) is 6.39. The van der Waals surface area contributed by atoms with Crippen LogP contribution < -0.4 is 0 Å². The highest BCUT2D eigenvalue weighted by atomic mass is 16.8. The number of hydrogen-bond acceptors (Lipinski definition) is 6. The third kappa shape index (κ3) is 2.83. The quantitative estimate of drug-likeness (QED) is 0.892. The Kier molecular flexibility index (Phi) is 4.54. The molecule has 2 aliphatic heterocycles. The smallest absolute Gasteiger partial charge is 0.186 e. The zero-order valence-corrected chi connectivity index (χ0v) is 12.0. The van der Waals surface area contributed by atoms with Crippen LogP contribution >= 0.6 is 0 Å². The molecular weight excluding hydrogens is 276 g/mol. The van der Waals surface area contributed by atoms with E-state index in [-0.39, 0.29) is 6.10 Å². The molecule has 0 unspecified atom stereocenters. The standard InChI is InChI=1S/C15H20O6/c1-17-13-11(16)12-10(20-15(13)18-2)8-19-14(21-12)9-6-4-3-5-7-9/h3-7,10-16H,8H2,1-2H3/t10-,11+,12+,13-,14+,15-/m1/s1. The van der Waals surface area contributed by atoms with E-state index in [9.17, 15) is 5.11 Å². The highest BCUT2D eigenvalue weighted by Gasteiger charge is 2.49. The Labute approximate surface area is 123 Å². The van der Waals surface area contributed by atoms with Gasteiger partial charge in [0.25, 0.3) is 0 Å². The second-order valence-corrected chi connectivity index (χ2v) is 5.15. The maximum absolute atomic E-state index is 10.5. The molecule has 0 aromatic heterocycles. The maximum Gasteiger partial charge on any atom is 0.186 e. The average molecular weight is 296 g/mol. The first-order chi connectivity index (χ1) is 10.2. The summed E-state index contributed by atoms with van der Waals surface area (Å²) in [7, 11) is 3.03. The molecule has 6 nitrogen and oxygen atoms in total. The van der Waals surface area contributed by atoms with Crippen molar-refractivity contribution in [2.24, 2.45) is 0 Å². The Morgan fingerprint density at radius 2 is 1.86 bits per heavy atom. The summed E-state index contributed by atoms with van der Waals surface area (Å²) in [5.41, 5.74) is 0.908. The fourth-order valence-electron chi connectivity index (χ4n) is 2.79. The fourth-order valence-corrected chi connectivity index (χ4v) is 2.79. The first-order valence-corrected chi connectivity index (χ1v) is 6.95. The molecule has 0 bridgehead atoms. The van der Waals surface area contributed by atoms with Crippen molar-refractivity contribution in [2.45, 2.75) is 37.0 Å². The lowest BCUT2D eigenvalue weighted by Gasteiger charge is -2.46.